The Hall–Kier alpha value is -2.99. The molecule has 3 aromatic rings. The summed E-state index contributed by atoms with van der Waals surface area (Å²) < 4.78 is 6.34. The normalized spacial score (nSPS) is 20.2. The summed E-state index contributed by atoms with van der Waals surface area (Å²) in [5.41, 5.74) is 3.27. The molecule has 2 aromatic carbocycles. The Bertz CT molecular complexity index is 1130. The van der Waals surface area contributed by atoms with Crippen molar-refractivity contribution in [3.05, 3.63) is 54.6 Å². The van der Waals surface area contributed by atoms with E-state index in [2.05, 4.69) is 56.0 Å². The highest BCUT2D eigenvalue weighted by molar-refractivity contribution is 5.92. The molecule has 3 aliphatic rings. The van der Waals surface area contributed by atoms with Crippen molar-refractivity contribution in [2.75, 3.05) is 57.3 Å². The Morgan fingerprint density at radius 1 is 0.824 bits per heavy atom. The summed E-state index contributed by atoms with van der Waals surface area (Å²) in [4.78, 5) is 22.0. The van der Waals surface area contributed by atoms with Crippen molar-refractivity contribution in [2.24, 2.45) is 0 Å². The van der Waals surface area contributed by atoms with E-state index in [4.69, 9.17) is 4.42 Å². The number of hydrogen-bond acceptors (Lipinski definition) is 4. The molecule has 0 N–H and O–H groups in total. The molecule has 1 aliphatic carbocycles. The first-order valence-corrected chi connectivity index (χ1v) is 12.9. The van der Waals surface area contributed by atoms with Gasteiger partial charge in [-0.3, -0.25) is 4.90 Å². The van der Waals surface area contributed by atoms with Crippen LogP contribution in [0.1, 0.15) is 25.7 Å². The van der Waals surface area contributed by atoms with Gasteiger partial charge in [0, 0.05) is 69.3 Å². The lowest BCUT2D eigenvalue weighted by Gasteiger charge is -2.36. The summed E-state index contributed by atoms with van der Waals surface area (Å²) in [6.45, 7) is 7.58. The van der Waals surface area contributed by atoms with Crippen LogP contribution in [-0.2, 0) is 0 Å². The van der Waals surface area contributed by atoms with Crippen LogP contribution in [0.3, 0.4) is 0 Å². The monoisotopic (exact) mass is 458 g/mol. The maximum Gasteiger partial charge on any atom is 0.320 e. The number of amides is 2. The van der Waals surface area contributed by atoms with Gasteiger partial charge in [0.2, 0.25) is 0 Å². The number of hydrogen-bond donors (Lipinski definition) is 0. The van der Waals surface area contributed by atoms with Gasteiger partial charge < -0.3 is 19.1 Å². The molecule has 3 fully saturated rings. The van der Waals surface area contributed by atoms with E-state index < -0.39 is 0 Å². The molecule has 2 saturated heterocycles. The molecular formula is C28H34N4O2. The van der Waals surface area contributed by atoms with Gasteiger partial charge in [-0.15, -0.1) is 0 Å². The van der Waals surface area contributed by atoms with E-state index in [9.17, 15) is 4.79 Å². The Kier molecular flexibility index (Phi) is 5.91. The van der Waals surface area contributed by atoms with Gasteiger partial charge in [-0.2, -0.15) is 0 Å². The standard InChI is InChI=1S/C28H34N4O2/c33-28-31(19-20-32(28)24-10-4-5-11-24)18-15-29-13-16-30(17-14-29)25-12-6-9-23-21-26(34-27(23)25)22-7-2-1-3-8-22/h1-3,6-9,12,21,24H,4-5,10-11,13-20H2. The molecule has 2 aliphatic heterocycles. The maximum absolute atomic E-state index is 12.8. The Labute approximate surface area is 201 Å². The number of rotatable bonds is 6. The lowest BCUT2D eigenvalue weighted by molar-refractivity contribution is 0.169. The summed E-state index contributed by atoms with van der Waals surface area (Å²) in [7, 11) is 0. The minimum absolute atomic E-state index is 0.268. The first kappa shape index (κ1) is 21.5. The molecule has 0 unspecified atom stereocenters. The van der Waals surface area contributed by atoms with Crippen molar-refractivity contribution in [3.63, 3.8) is 0 Å². The van der Waals surface area contributed by atoms with Gasteiger partial charge in [0.05, 0.1) is 5.69 Å². The number of piperazine rings is 1. The van der Waals surface area contributed by atoms with E-state index in [1.807, 2.05) is 18.2 Å². The zero-order chi connectivity index (χ0) is 22.9. The second-order valence-corrected chi connectivity index (χ2v) is 9.90. The van der Waals surface area contributed by atoms with E-state index in [1.165, 1.54) is 31.4 Å². The van der Waals surface area contributed by atoms with Gasteiger partial charge >= 0.3 is 6.03 Å². The SMILES string of the molecule is O=C1N(CCN2CCN(c3cccc4cc(-c5ccccc5)oc34)CC2)CCN1C1CCCC1. The number of benzene rings is 2. The molecule has 1 aromatic heterocycles. The number of furan rings is 1. The highest BCUT2D eigenvalue weighted by Crippen LogP contribution is 2.34. The largest absolute Gasteiger partial charge is 0.454 e. The molecule has 178 valence electrons. The third-order valence-corrected chi connectivity index (χ3v) is 7.87. The van der Waals surface area contributed by atoms with Crippen LogP contribution in [0.15, 0.2) is 59.0 Å². The molecule has 3 heterocycles. The summed E-state index contributed by atoms with van der Waals surface area (Å²) in [5.74, 6) is 0.920. The summed E-state index contributed by atoms with van der Waals surface area (Å²) in [5, 5.41) is 1.15. The lowest BCUT2D eigenvalue weighted by atomic mass is 10.1. The van der Waals surface area contributed by atoms with Crippen LogP contribution >= 0.6 is 0 Å². The van der Waals surface area contributed by atoms with Gasteiger partial charge in [0.15, 0.2) is 5.58 Å². The van der Waals surface area contributed by atoms with Crippen molar-refractivity contribution in [2.45, 2.75) is 31.7 Å². The van der Waals surface area contributed by atoms with Gasteiger partial charge in [-0.1, -0.05) is 55.3 Å². The topological polar surface area (TPSA) is 43.2 Å². The average Bonchev–Trinajstić information content (AvgIpc) is 3.63. The summed E-state index contributed by atoms with van der Waals surface area (Å²) in [6, 6.07) is 19.6. The Morgan fingerprint density at radius 3 is 2.41 bits per heavy atom. The van der Waals surface area contributed by atoms with E-state index in [0.717, 1.165) is 74.7 Å². The quantitative estimate of drug-likeness (QED) is 0.527. The second kappa shape index (κ2) is 9.34. The maximum atomic E-state index is 12.8. The first-order chi connectivity index (χ1) is 16.8. The number of fused-ring (bicyclic) bond motifs is 1. The lowest BCUT2D eigenvalue weighted by Crippen LogP contribution is -2.49. The van der Waals surface area contributed by atoms with Crippen LogP contribution in [0.2, 0.25) is 0 Å². The zero-order valence-electron chi connectivity index (χ0n) is 19.9. The van der Waals surface area contributed by atoms with Crippen LogP contribution in [0.5, 0.6) is 0 Å². The van der Waals surface area contributed by atoms with E-state index in [0.29, 0.717) is 6.04 Å². The molecule has 0 spiro atoms. The highest BCUT2D eigenvalue weighted by Gasteiger charge is 2.34. The van der Waals surface area contributed by atoms with Gasteiger partial charge in [-0.05, 0) is 25.0 Å². The highest BCUT2D eigenvalue weighted by atomic mass is 16.3. The second-order valence-electron chi connectivity index (χ2n) is 9.90. The molecule has 2 amide bonds. The van der Waals surface area contributed by atoms with E-state index in [-0.39, 0.29) is 6.03 Å². The number of carbonyl (C=O) groups is 1. The molecule has 34 heavy (non-hydrogen) atoms. The summed E-state index contributed by atoms with van der Waals surface area (Å²) in [6.07, 6.45) is 4.93. The molecule has 6 rings (SSSR count). The molecule has 0 atom stereocenters. The fourth-order valence-electron chi connectivity index (χ4n) is 5.88. The molecule has 1 saturated carbocycles. The predicted octanol–water partition coefficient (Wildman–Crippen LogP) is 4.90. The van der Waals surface area contributed by atoms with Crippen LogP contribution in [0.4, 0.5) is 10.5 Å². The molecule has 6 nitrogen and oxygen atoms in total. The van der Waals surface area contributed by atoms with Crippen molar-refractivity contribution >= 4 is 22.7 Å². The average molecular weight is 459 g/mol. The minimum atomic E-state index is 0.268. The van der Waals surface area contributed by atoms with E-state index in [1.54, 1.807) is 0 Å². The molecular weight excluding hydrogens is 424 g/mol. The van der Waals surface area contributed by atoms with E-state index >= 15 is 0 Å². The number of nitrogens with zero attached hydrogens (tertiary/aromatic N) is 4. The predicted molar refractivity (Wildman–Crippen MR) is 136 cm³/mol. The molecule has 0 radical (unpaired) electrons. The van der Waals surface area contributed by atoms with Crippen molar-refractivity contribution < 1.29 is 9.21 Å². The number of anilines is 1. The van der Waals surface area contributed by atoms with Crippen molar-refractivity contribution in [1.29, 1.82) is 0 Å². The van der Waals surface area contributed by atoms with Crippen LogP contribution in [0, 0.1) is 0 Å². The summed E-state index contributed by atoms with van der Waals surface area (Å²) >= 11 is 0. The smallest absolute Gasteiger partial charge is 0.320 e. The Morgan fingerprint density at radius 2 is 1.62 bits per heavy atom. The number of para-hydroxylation sites is 1. The van der Waals surface area contributed by atoms with Crippen molar-refractivity contribution in [3.8, 4) is 11.3 Å². The zero-order valence-corrected chi connectivity index (χ0v) is 19.9. The van der Waals surface area contributed by atoms with Crippen LogP contribution in [0.25, 0.3) is 22.3 Å². The third-order valence-electron chi connectivity index (χ3n) is 7.87. The number of urea groups is 1. The van der Waals surface area contributed by atoms with Crippen molar-refractivity contribution in [1.82, 2.24) is 14.7 Å². The van der Waals surface area contributed by atoms with Crippen LogP contribution in [-0.4, -0.2) is 79.1 Å². The molecule has 6 heteroatoms. The Balaban J connectivity index is 1.06. The minimum Gasteiger partial charge on any atom is -0.454 e. The third kappa shape index (κ3) is 4.16. The van der Waals surface area contributed by atoms with Crippen LogP contribution < -0.4 is 4.90 Å². The van der Waals surface area contributed by atoms with Gasteiger partial charge in [0.25, 0.3) is 0 Å². The van der Waals surface area contributed by atoms with Gasteiger partial charge in [-0.25, -0.2) is 4.79 Å². The first-order valence-electron chi connectivity index (χ1n) is 12.9. The fraction of sp³-hybridized carbons (Fsp3) is 0.464. The fourth-order valence-corrected chi connectivity index (χ4v) is 5.88. The van der Waals surface area contributed by atoms with Gasteiger partial charge in [0.1, 0.15) is 5.76 Å². The molecule has 0 bridgehead atoms. The number of carbonyl (C=O) groups excluding carboxylic acids is 1.